The second-order valence-corrected chi connectivity index (χ2v) is 7.95. The van der Waals surface area contributed by atoms with E-state index in [2.05, 4.69) is 30.9 Å². The molecule has 0 radical (unpaired) electrons. The lowest BCUT2D eigenvalue weighted by Gasteiger charge is -2.18. The van der Waals surface area contributed by atoms with E-state index in [1.807, 2.05) is 6.07 Å². The van der Waals surface area contributed by atoms with Crippen LogP contribution in [-0.2, 0) is 11.3 Å². The molecule has 2 aromatic heterocycles. The fourth-order valence-electron chi connectivity index (χ4n) is 4.12. The van der Waals surface area contributed by atoms with Crippen molar-refractivity contribution in [3.8, 4) is 5.75 Å². The van der Waals surface area contributed by atoms with Gasteiger partial charge in [0.15, 0.2) is 12.3 Å². The van der Waals surface area contributed by atoms with E-state index in [1.54, 1.807) is 18.3 Å². The number of nitrogens with one attached hydrogen (secondary N) is 4. The summed E-state index contributed by atoms with van der Waals surface area (Å²) >= 11 is 0. The van der Waals surface area contributed by atoms with Crippen LogP contribution >= 0.6 is 0 Å². The van der Waals surface area contributed by atoms with E-state index in [9.17, 15) is 14.4 Å². The number of benzene rings is 1. The molecule has 2 aliphatic rings. The number of carbonyl (C=O) groups excluding carboxylic acids is 3. The number of hydrogen-bond donors (Lipinski definition) is 4. The first-order valence-electron chi connectivity index (χ1n) is 10.5. The van der Waals surface area contributed by atoms with Crippen LogP contribution in [0.3, 0.4) is 0 Å². The van der Waals surface area contributed by atoms with Crippen LogP contribution in [0.15, 0.2) is 30.7 Å². The largest absolute Gasteiger partial charge is 0.482 e. The molecule has 10 nitrogen and oxygen atoms in total. The maximum absolute atomic E-state index is 12.8. The van der Waals surface area contributed by atoms with Gasteiger partial charge in [-0.25, -0.2) is 9.97 Å². The summed E-state index contributed by atoms with van der Waals surface area (Å²) in [6.07, 6.45) is 7.05. The summed E-state index contributed by atoms with van der Waals surface area (Å²) in [6, 6.07) is 5.50. The Kier molecular flexibility index (Phi) is 5.18. The number of H-pyrrole nitrogens is 1. The van der Waals surface area contributed by atoms with Crippen molar-refractivity contribution in [2.24, 2.45) is 0 Å². The Morgan fingerprint density at radius 2 is 2.00 bits per heavy atom. The quantitative estimate of drug-likeness (QED) is 0.484. The lowest BCUT2D eigenvalue weighted by molar-refractivity contribution is -0.118. The van der Waals surface area contributed by atoms with Crippen LogP contribution in [0.2, 0.25) is 0 Å². The highest BCUT2D eigenvalue weighted by molar-refractivity contribution is 6.10. The third kappa shape index (κ3) is 3.86. The van der Waals surface area contributed by atoms with Gasteiger partial charge in [-0.2, -0.15) is 0 Å². The Hall–Kier alpha value is -3.95. The van der Waals surface area contributed by atoms with Gasteiger partial charge in [0.1, 0.15) is 17.6 Å². The topological polar surface area (TPSA) is 138 Å². The Morgan fingerprint density at radius 3 is 2.84 bits per heavy atom. The normalized spacial score (nSPS) is 15.7. The number of nitrogens with zero attached hydrogens (tertiary/aromatic N) is 2. The van der Waals surface area contributed by atoms with Gasteiger partial charge in [0.2, 0.25) is 0 Å². The van der Waals surface area contributed by atoms with Gasteiger partial charge in [-0.15, -0.1) is 0 Å². The first kappa shape index (κ1) is 20.0. The zero-order valence-corrected chi connectivity index (χ0v) is 17.2. The highest BCUT2D eigenvalue weighted by Crippen LogP contribution is 2.28. The molecule has 1 saturated carbocycles. The SMILES string of the molecule is O=C1COc2ccc(CNC(=O)c3ncnc4c(C(=O)NC5CCCC5)c[nH]c34)cc2N1. The Labute approximate surface area is 183 Å². The minimum Gasteiger partial charge on any atom is -0.482 e. The van der Waals surface area contributed by atoms with Crippen molar-refractivity contribution in [3.05, 3.63) is 47.5 Å². The van der Waals surface area contributed by atoms with Crippen molar-refractivity contribution in [1.29, 1.82) is 0 Å². The third-order valence-electron chi connectivity index (χ3n) is 5.74. The number of hydrogen-bond acceptors (Lipinski definition) is 6. The number of aromatic nitrogens is 3. The molecule has 3 amide bonds. The molecule has 5 rings (SSSR count). The van der Waals surface area contributed by atoms with Gasteiger partial charge >= 0.3 is 0 Å². The zero-order chi connectivity index (χ0) is 22.1. The van der Waals surface area contributed by atoms with Crippen molar-refractivity contribution < 1.29 is 19.1 Å². The highest BCUT2D eigenvalue weighted by Gasteiger charge is 2.23. The predicted molar refractivity (Wildman–Crippen MR) is 115 cm³/mol. The molecular weight excluding hydrogens is 412 g/mol. The summed E-state index contributed by atoms with van der Waals surface area (Å²) in [7, 11) is 0. The second-order valence-electron chi connectivity index (χ2n) is 7.95. The van der Waals surface area contributed by atoms with Gasteiger partial charge < -0.3 is 25.7 Å². The molecule has 1 aliphatic carbocycles. The number of aromatic amines is 1. The van der Waals surface area contributed by atoms with Crippen LogP contribution in [0.1, 0.15) is 52.1 Å². The minimum absolute atomic E-state index is 0.0103. The van der Waals surface area contributed by atoms with E-state index in [1.165, 1.54) is 6.33 Å². The average molecular weight is 434 g/mol. The molecule has 4 N–H and O–H groups in total. The number of carbonyl (C=O) groups is 3. The first-order valence-corrected chi connectivity index (χ1v) is 10.5. The molecule has 1 aromatic carbocycles. The van der Waals surface area contributed by atoms with Crippen molar-refractivity contribution in [2.75, 3.05) is 11.9 Å². The van der Waals surface area contributed by atoms with Gasteiger partial charge in [-0.3, -0.25) is 14.4 Å². The average Bonchev–Trinajstić information content (AvgIpc) is 3.46. The van der Waals surface area contributed by atoms with Crippen molar-refractivity contribution in [2.45, 2.75) is 38.3 Å². The molecule has 0 atom stereocenters. The Balaban J connectivity index is 1.31. The maximum Gasteiger partial charge on any atom is 0.272 e. The highest BCUT2D eigenvalue weighted by atomic mass is 16.5. The first-order chi connectivity index (χ1) is 15.6. The van der Waals surface area contributed by atoms with Crippen LogP contribution in [0.25, 0.3) is 11.0 Å². The molecule has 32 heavy (non-hydrogen) atoms. The monoisotopic (exact) mass is 434 g/mol. The second kappa shape index (κ2) is 8.29. The van der Waals surface area contributed by atoms with Gasteiger partial charge in [-0.1, -0.05) is 18.9 Å². The summed E-state index contributed by atoms with van der Waals surface area (Å²) in [4.78, 5) is 48.3. The Morgan fingerprint density at radius 1 is 1.16 bits per heavy atom. The molecule has 0 spiro atoms. The molecule has 164 valence electrons. The summed E-state index contributed by atoms with van der Waals surface area (Å²) in [5.41, 5.74) is 2.73. The third-order valence-corrected chi connectivity index (χ3v) is 5.74. The molecule has 1 fully saturated rings. The molecule has 1 aliphatic heterocycles. The van der Waals surface area contributed by atoms with Gasteiger partial charge in [-0.05, 0) is 30.5 Å². The van der Waals surface area contributed by atoms with Crippen LogP contribution in [0.5, 0.6) is 5.75 Å². The van der Waals surface area contributed by atoms with E-state index in [0.29, 0.717) is 28.0 Å². The molecule has 0 bridgehead atoms. The van der Waals surface area contributed by atoms with Crippen LogP contribution in [0, 0.1) is 0 Å². The van der Waals surface area contributed by atoms with E-state index in [0.717, 1.165) is 31.2 Å². The predicted octanol–water partition coefficient (Wildman–Crippen LogP) is 1.89. The fourth-order valence-corrected chi connectivity index (χ4v) is 4.12. The lowest BCUT2D eigenvalue weighted by atomic mass is 10.1. The van der Waals surface area contributed by atoms with E-state index in [-0.39, 0.29) is 36.7 Å². The number of amides is 3. The van der Waals surface area contributed by atoms with Crippen LogP contribution < -0.4 is 20.7 Å². The number of rotatable bonds is 5. The molecular formula is C22H22N6O4. The molecule has 3 aromatic rings. The molecule has 10 heteroatoms. The number of ether oxygens (including phenoxy) is 1. The van der Waals surface area contributed by atoms with E-state index < -0.39 is 5.91 Å². The standard InChI is InChI=1S/C22H22N6O4/c29-17-10-32-16-6-5-12(7-15(16)28-17)8-24-22(31)20-19-18(25-11-26-20)14(9-23-19)21(30)27-13-3-1-2-4-13/h5-7,9,11,13,23H,1-4,8,10H2,(H,24,31)(H,27,30)(H,28,29). The smallest absolute Gasteiger partial charge is 0.272 e. The minimum atomic E-state index is -0.403. The lowest BCUT2D eigenvalue weighted by Crippen LogP contribution is -2.32. The molecule has 3 heterocycles. The molecule has 0 unspecified atom stereocenters. The van der Waals surface area contributed by atoms with E-state index >= 15 is 0 Å². The van der Waals surface area contributed by atoms with Crippen molar-refractivity contribution in [1.82, 2.24) is 25.6 Å². The van der Waals surface area contributed by atoms with Crippen LogP contribution in [-0.4, -0.2) is 45.3 Å². The summed E-state index contributed by atoms with van der Waals surface area (Å²) in [5, 5.41) is 8.60. The Bertz CT molecular complexity index is 1210. The summed E-state index contributed by atoms with van der Waals surface area (Å²) < 4.78 is 5.34. The molecule has 0 saturated heterocycles. The fraction of sp³-hybridized carbons (Fsp3) is 0.318. The van der Waals surface area contributed by atoms with E-state index in [4.69, 9.17) is 4.74 Å². The van der Waals surface area contributed by atoms with Crippen LogP contribution in [0.4, 0.5) is 5.69 Å². The van der Waals surface area contributed by atoms with Gasteiger partial charge in [0, 0.05) is 18.8 Å². The number of anilines is 1. The zero-order valence-electron chi connectivity index (χ0n) is 17.2. The summed E-state index contributed by atoms with van der Waals surface area (Å²) in [5.74, 6) is -0.236. The van der Waals surface area contributed by atoms with Crippen molar-refractivity contribution in [3.63, 3.8) is 0 Å². The summed E-state index contributed by atoms with van der Waals surface area (Å²) in [6.45, 7) is 0.215. The number of fused-ring (bicyclic) bond motifs is 2. The van der Waals surface area contributed by atoms with Crippen molar-refractivity contribution >= 4 is 34.4 Å². The maximum atomic E-state index is 12.8. The van der Waals surface area contributed by atoms with Gasteiger partial charge in [0.25, 0.3) is 17.7 Å². The van der Waals surface area contributed by atoms with Gasteiger partial charge in [0.05, 0.1) is 16.8 Å².